The van der Waals surface area contributed by atoms with Crippen molar-refractivity contribution >= 4 is 0 Å². The molecule has 2 heteroatoms. The van der Waals surface area contributed by atoms with Crippen molar-refractivity contribution in [1.29, 1.82) is 0 Å². The monoisotopic (exact) mass is 186 g/mol. The van der Waals surface area contributed by atoms with Gasteiger partial charge in [-0.1, -0.05) is 27.7 Å². The van der Waals surface area contributed by atoms with E-state index in [1.807, 2.05) is 0 Å². The minimum Gasteiger partial charge on any atom is -0.396 e. The predicted molar refractivity (Wildman–Crippen MR) is 53.6 cm³/mol. The van der Waals surface area contributed by atoms with Crippen LogP contribution in [0.5, 0.6) is 0 Å². The third-order valence-electron chi connectivity index (χ3n) is 3.95. The van der Waals surface area contributed by atoms with Gasteiger partial charge in [0.15, 0.2) is 0 Å². The van der Waals surface area contributed by atoms with E-state index in [-0.39, 0.29) is 23.5 Å². The SMILES string of the molecule is CO[C@@H]1C(C)(C)[C@H](C)C[C@]1(C)CO. The van der Waals surface area contributed by atoms with Gasteiger partial charge in [-0.2, -0.15) is 0 Å². The zero-order chi connectivity index (χ0) is 10.3. The maximum atomic E-state index is 9.40. The Balaban J connectivity index is 2.95. The molecule has 0 bridgehead atoms. The van der Waals surface area contributed by atoms with Crippen molar-refractivity contribution in [3.8, 4) is 0 Å². The van der Waals surface area contributed by atoms with Gasteiger partial charge >= 0.3 is 0 Å². The van der Waals surface area contributed by atoms with Crippen molar-refractivity contribution in [2.24, 2.45) is 16.7 Å². The van der Waals surface area contributed by atoms with Crippen LogP contribution in [0.25, 0.3) is 0 Å². The summed E-state index contributed by atoms with van der Waals surface area (Å²) in [7, 11) is 1.75. The van der Waals surface area contributed by atoms with Crippen molar-refractivity contribution in [2.75, 3.05) is 13.7 Å². The molecule has 2 nitrogen and oxygen atoms in total. The summed E-state index contributed by atoms with van der Waals surface area (Å²) >= 11 is 0. The number of ether oxygens (including phenoxy) is 1. The molecule has 13 heavy (non-hydrogen) atoms. The lowest BCUT2D eigenvalue weighted by atomic mass is 9.78. The molecule has 1 N–H and O–H groups in total. The van der Waals surface area contributed by atoms with Gasteiger partial charge in [-0.05, 0) is 17.8 Å². The number of aliphatic hydroxyl groups is 1. The van der Waals surface area contributed by atoms with Gasteiger partial charge in [-0.15, -0.1) is 0 Å². The van der Waals surface area contributed by atoms with Crippen LogP contribution in [0.1, 0.15) is 34.1 Å². The number of methoxy groups -OCH3 is 1. The molecule has 1 rings (SSSR count). The Morgan fingerprint density at radius 3 is 2.23 bits per heavy atom. The maximum absolute atomic E-state index is 9.40. The van der Waals surface area contributed by atoms with Crippen LogP contribution in [0, 0.1) is 16.7 Å². The molecular formula is C11H22O2. The smallest absolute Gasteiger partial charge is 0.0700 e. The molecule has 0 aromatic carbocycles. The first-order valence-electron chi connectivity index (χ1n) is 5.02. The van der Waals surface area contributed by atoms with Gasteiger partial charge in [0, 0.05) is 12.5 Å². The molecule has 78 valence electrons. The summed E-state index contributed by atoms with van der Waals surface area (Å²) in [5.74, 6) is 0.606. The molecule has 0 spiro atoms. The zero-order valence-electron chi connectivity index (χ0n) is 9.42. The maximum Gasteiger partial charge on any atom is 0.0700 e. The van der Waals surface area contributed by atoms with Crippen molar-refractivity contribution in [3.63, 3.8) is 0 Å². The Hall–Kier alpha value is -0.0800. The molecule has 0 aromatic rings. The predicted octanol–water partition coefficient (Wildman–Crippen LogP) is 2.07. The van der Waals surface area contributed by atoms with Crippen LogP contribution in [0.15, 0.2) is 0 Å². The minimum absolute atomic E-state index is 0.0579. The van der Waals surface area contributed by atoms with Gasteiger partial charge in [-0.3, -0.25) is 0 Å². The van der Waals surface area contributed by atoms with E-state index < -0.39 is 0 Å². The van der Waals surface area contributed by atoms with E-state index in [4.69, 9.17) is 4.74 Å². The van der Waals surface area contributed by atoms with E-state index >= 15 is 0 Å². The largest absolute Gasteiger partial charge is 0.396 e. The normalized spacial score (nSPS) is 43.8. The molecule has 3 atom stereocenters. The number of hydrogen-bond donors (Lipinski definition) is 1. The molecule has 0 heterocycles. The molecule has 0 aliphatic heterocycles. The van der Waals surface area contributed by atoms with Crippen molar-refractivity contribution in [2.45, 2.75) is 40.2 Å². The highest BCUT2D eigenvalue weighted by molar-refractivity contribution is 5.03. The molecule has 1 aliphatic carbocycles. The van der Waals surface area contributed by atoms with Gasteiger partial charge in [0.25, 0.3) is 0 Å². The summed E-state index contributed by atoms with van der Waals surface area (Å²) in [6.07, 6.45) is 1.22. The van der Waals surface area contributed by atoms with E-state index in [9.17, 15) is 5.11 Å². The van der Waals surface area contributed by atoms with Crippen LogP contribution in [-0.4, -0.2) is 24.9 Å². The second kappa shape index (κ2) is 3.25. The van der Waals surface area contributed by atoms with Crippen LogP contribution in [0.2, 0.25) is 0 Å². The Labute approximate surface area is 81.3 Å². The van der Waals surface area contributed by atoms with Gasteiger partial charge < -0.3 is 9.84 Å². The molecule has 1 fully saturated rings. The summed E-state index contributed by atoms with van der Waals surface area (Å²) in [6.45, 7) is 9.04. The highest BCUT2D eigenvalue weighted by Crippen LogP contribution is 2.53. The fraction of sp³-hybridized carbons (Fsp3) is 1.00. The average Bonchev–Trinajstić information content (AvgIpc) is 2.20. The van der Waals surface area contributed by atoms with Gasteiger partial charge in [0.1, 0.15) is 0 Å². The van der Waals surface area contributed by atoms with Crippen molar-refractivity contribution in [1.82, 2.24) is 0 Å². The van der Waals surface area contributed by atoms with Crippen LogP contribution < -0.4 is 0 Å². The lowest BCUT2D eigenvalue weighted by Gasteiger charge is -2.36. The molecule has 0 amide bonds. The Morgan fingerprint density at radius 2 is 1.92 bits per heavy atom. The summed E-state index contributed by atoms with van der Waals surface area (Å²) in [5, 5.41) is 9.40. The molecule has 0 saturated heterocycles. The first-order valence-corrected chi connectivity index (χ1v) is 5.02. The third kappa shape index (κ3) is 1.50. The molecular weight excluding hydrogens is 164 g/mol. The quantitative estimate of drug-likeness (QED) is 0.715. The Morgan fingerprint density at radius 1 is 1.38 bits per heavy atom. The van der Waals surface area contributed by atoms with E-state index in [0.29, 0.717) is 5.92 Å². The zero-order valence-corrected chi connectivity index (χ0v) is 9.42. The van der Waals surface area contributed by atoms with Crippen LogP contribution >= 0.6 is 0 Å². The van der Waals surface area contributed by atoms with Gasteiger partial charge in [0.05, 0.1) is 12.7 Å². The molecule has 0 unspecified atom stereocenters. The van der Waals surface area contributed by atoms with E-state index in [1.165, 1.54) is 0 Å². The first-order chi connectivity index (χ1) is 5.88. The number of aliphatic hydroxyl groups excluding tert-OH is 1. The summed E-state index contributed by atoms with van der Waals surface area (Å²) in [6, 6.07) is 0. The summed E-state index contributed by atoms with van der Waals surface area (Å²) in [4.78, 5) is 0. The third-order valence-corrected chi connectivity index (χ3v) is 3.95. The van der Waals surface area contributed by atoms with Crippen LogP contribution in [-0.2, 0) is 4.74 Å². The summed E-state index contributed by atoms with van der Waals surface area (Å²) in [5.41, 5.74) is 0.115. The number of rotatable bonds is 2. The number of hydrogen-bond acceptors (Lipinski definition) is 2. The Bertz CT molecular complexity index is 189. The van der Waals surface area contributed by atoms with E-state index in [1.54, 1.807) is 7.11 Å². The Kier molecular flexibility index (Phi) is 2.75. The fourth-order valence-corrected chi connectivity index (χ4v) is 2.96. The summed E-state index contributed by atoms with van der Waals surface area (Å²) < 4.78 is 5.54. The molecule has 0 radical (unpaired) electrons. The molecule has 1 aliphatic rings. The lowest BCUT2D eigenvalue weighted by Crippen LogP contribution is -2.40. The van der Waals surface area contributed by atoms with Crippen molar-refractivity contribution < 1.29 is 9.84 Å². The second-order valence-corrected chi connectivity index (χ2v) is 5.35. The fourth-order valence-electron chi connectivity index (χ4n) is 2.96. The molecule has 1 saturated carbocycles. The van der Waals surface area contributed by atoms with E-state index in [2.05, 4.69) is 27.7 Å². The van der Waals surface area contributed by atoms with E-state index in [0.717, 1.165) is 6.42 Å². The minimum atomic E-state index is -0.0579. The topological polar surface area (TPSA) is 29.5 Å². The highest BCUT2D eigenvalue weighted by Gasteiger charge is 2.53. The van der Waals surface area contributed by atoms with Gasteiger partial charge in [0.2, 0.25) is 0 Å². The van der Waals surface area contributed by atoms with Crippen LogP contribution in [0.4, 0.5) is 0 Å². The average molecular weight is 186 g/mol. The van der Waals surface area contributed by atoms with Gasteiger partial charge in [-0.25, -0.2) is 0 Å². The standard InChI is InChI=1S/C11H22O2/c1-8-6-11(4,7-12)9(13-5)10(8,2)3/h8-9,12H,6-7H2,1-5H3/t8-,9-,11-/m1/s1. The van der Waals surface area contributed by atoms with Crippen LogP contribution in [0.3, 0.4) is 0 Å². The first kappa shape index (κ1) is 11.0. The lowest BCUT2D eigenvalue weighted by molar-refractivity contribution is -0.0609. The van der Waals surface area contributed by atoms with Crippen molar-refractivity contribution in [3.05, 3.63) is 0 Å². The second-order valence-electron chi connectivity index (χ2n) is 5.35. The molecule has 0 aromatic heterocycles. The highest BCUT2D eigenvalue weighted by atomic mass is 16.5.